The summed E-state index contributed by atoms with van der Waals surface area (Å²) in [5.41, 5.74) is 1.46. The molecule has 14 heteroatoms. The zero-order valence-electron chi connectivity index (χ0n) is 31.0. The Morgan fingerprint density at radius 1 is 0.891 bits per heavy atom. The Morgan fingerprint density at radius 3 is 2.31 bits per heavy atom. The van der Waals surface area contributed by atoms with E-state index in [1.807, 2.05) is 18.2 Å². The van der Waals surface area contributed by atoms with Gasteiger partial charge in [0, 0.05) is 75.1 Å². The van der Waals surface area contributed by atoms with Gasteiger partial charge in [0.25, 0.3) is 5.91 Å². The zero-order chi connectivity index (χ0) is 39.5. The lowest BCUT2D eigenvalue weighted by Crippen LogP contribution is -2.50. The topological polar surface area (TPSA) is 171 Å². The molecule has 1 aliphatic heterocycles. The number of halogens is 1. The van der Waals surface area contributed by atoms with Crippen LogP contribution in [0.5, 0.6) is 0 Å². The lowest BCUT2D eigenvalue weighted by Gasteiger charge is -2.31. The average Bonchev–Trinajstić information content (AvgIpc) is 3.64. The van der Waals surface area contributed by atoms with Crippen molar-refractivity contribution >= 4 is 47.1 Å². The predicted octanol–water partition coefficient (Wildman–Crippen LogP) is 4.78. The first kappa shape index (κ1) is 40.3. The molecule has 1 fully saturated rings. The van der Waals surface area contributed by atoms with E-state index in [0.29, 0.717) is 54.6 Å². The van der Waals surface area contributed by atoms with Gasteiger partial charge in [-0.2, -0.15) is 0 Å². The molecule has 5 rings (SSSR count). The number of carbonyl (C=O) groups is 7. The molecule has 0 unspecified atom stereocenters. The summed E-state index contributed by atoms with van der Waals surface area (Å²) in [6.07, 6.45) is 2.13. The fraction of sp³-hybridized carbons (Fsp3) is 0.390. The van der Waals surface area contributed by atoms with Gasteiger partial charge >= 0.3 is 6.09 Å². The van der Waals surface area contributed by atoms with Gasteiger partial charge in [0.05, 0.1) is 0 Å². The molecule has 0 aromatic heterocycles. The maximum atomic E-state index is 13.9. The number of Topliss-reactive ketones (excluding diaryl/α,β-unsaturated/α-hetero) is 1. The van der Waals surface area contributed by atoms with Crippen molar-refractivity contribution in [1.82, 2.24) is 20.4 Å². The highest BCUT2D eigenvalue weighted by Gasteiger charge is 2.58. The number of imide groups is 1. The number of unbranched alkanes of at least 4 members (excludes halogenated alkanes) is 2. The molecule has 3 aromatic rings. The summed E-state index contributed by atoms with van der Waals surface area (Å²) < 4.78 is 19.4. The molecule has 55 heavy (non-hydrogen) atoms. The third kappa shape index (κ3) is 10.4. The molecule has 2 atom stereocenters. The van der Waals surface area contributed by atoms with Crippen molar-refractivity contribution < 1.29 is 42.7 Å². The highest BCUT2D eigenvalue weighted by atomic mass is 19.1. The summed E-state index contributed by atoms with van der Waals surface area (Å²) in [6, 6.07) is 19.0. The van der Waals surface area contributed by atoms with Crippen LogP contribution < -0.4 is 16.0 Å². The summed E-state index contributed by atoms with van der Waals surface area (Å²) in [5, 5.41) is 8.24. The van der Waals surface area contributed by atoms with Crippen LogP contribution >= 0.6 is 0 Å². The largest absolute Gasteiger partial charge is 0.427 e. The first-order valence-electron chi connectivity index (χ1n) is 18.5. The smallest absolute Gasteiger partial charge is 0.418 e. The van der Waals surface area contributed by atoms with Crippen LogP contribution in [0.4, 0.5) is 14.9 Å². The monoisotopic (exact) mass is 755 g/mol. The fourth-order valence-electron chi connectivity index (χ4n) is 6.80. The Bertz CT molecular complexity index is 1920. The summed E-state index contributed by atoms with van der Waals surface area (Å²) in [4.78, 5) is 91.8. The van der Waals surface area contributed by atoms with Crippen LogP contribution in [0, 0.1) is 5.82 Å². The number of fused-ring (bicyclic) bond motifs is 2. The highest BCUT2D eigenvalue weighted by molar-refractivity contribution is 6.06. The Balaban J connectivity index is 1.11. The minimum atomic E-state index is -1.59. The summed E-state index contributed by atoms with van der Waals surface area (Å²) >= 11 is 0. The molecule has 0 saturated carbocycles. The van der Waals surface area contributed by atoms with Crippen molar-refractivity contribution in [2.45, 2.75) is 83.4 Å². The number of ketones is 1. The molecule has 0 radical (unpaired) electrons. The van der Waals surface area contributed by atoms with Gasteiger partial charge in [0.15, 0.2) is 5.78 Å². The number of carbonyl (C=O) groups excluding carboxylic acids is 7. The molecule has 6 amide bonds. The van der Waals surface area contributed by atoms with E-state index in [4.69, 9.17) is 4.74 Å². The number of rotatable bonds is 18. The van der Waals surface area contributed by atoms with E-state index in [1.165, 1.54) is 36.1 Å². The molecule has 1 heterocycles. The van der Waals surface area contributed by atoms with Crippen molar-refractivity contribution in [1.29, 1.82) is 0 Å². The van der Waals surface area contributed by atoms with Crippen molar-refractivity contribution in [2.24, 2.45) is 0 Å². The molecule has 1 aliphatic carbocycles. The SMILES string of the molecule is CC(=O)Nc1ccc2c(c1)CC[C@@]21OC(=O)N(CC(=O)N(Cc2ccc(F)cc2)[C@@H](C)CNC(=O)CCC(=O)NCCCCCC(=O)c2ccccc2)C1=O. The Kier molecular flexibility index (Phi) is 13.5. The number of aryl methyl sites for hydroxylation is 1. The first-order valence-corrected chi connectivity index (χ1v) is 18.5. The van der Waals surface area contributed by atoms with E-state index in [-0.39, 0.29) is 49.9 Å². The highest BCUT2D eigenvalue weighted by Crippen LogP contribution is 2.46. The molecule has 3 aromatic carbocycles. The van der Waals surface area contributed by atoms with Gasteiger partial charge in [-0.1, -0.05) is 55.0 Å². The minimum absolute atomic E-state index is 0.00141. The third-order valence-corrected chi connectivity index (χ3v) is 9.76. The van der Waals surface area contributed by atoms with Crippen LogP contribution in [0.2, 0.25) is 0 Å². The van der Waals surface area contributed by atoms with Crippen molar-refractivity contribution in [3.63, 3.8) is 0 Å². The number of ether oxygens (including phenoxy) is 1. The van der Waals surface area contributed by atoms with E-state index in [2.05, 4.69) is 16.0 Å². The minimum Gasteiger partial charge on any atom is -0.427 e. The van der Waals surface area contributed by atoms with E-state index in [0.717, 1.165) is 16.9 Å². The summed E-state index contributed by atoms with van der Waals surface area (Å²) in [5.74, 6) is -2.59. The fourth-order valence-corrected chi connectivity index (χ4v) is 6.80. The van der Waals surface area contributed by atoms with Crippen molar-refractivity contribution in [3.8, 4) is 0 Å². The molecular formula is C41H46FN5O8. The van der Waals surface area contributed by atoms with Crippen LogP contribution in [0.1, 0.15) is 85.8 Å². The van der Waals surface area contributed by atoms with Crippen LogP contribution in [-0.2, 0) is 47.3 Å². The van der Waals surface area contributed by atoms with Crippen LogP contribution in [-0.4, -0.2) is 76.9 Å². The van der Waals surface area contributed by atoms with Gasteiger partial charge < -0.3 is 25.6 Å². The van der Waals surface area contributed by atoms with Crippen LogP contribution in [0.25, 0.3) is 0 Å². The van der Waals surface area contributed by atoms with E-state index in [1.54, 1.807) is 37.3 Å². The second-order valence-electron chi connectivity index (χ2n) is 13.9. The summed E-state index contributed by atoms with van der Waals surface area (Å²) in [6.45, 7) is 2.87. The Labute approximate surface area is 319 Å². The van der Waals surface area contributed by atoms with Gasteiger partial charge in [-0.3, -0.25) is 28.8 Å². The molecule has 3 N–H and O–H groups in total. The normalized spacial score (nSPS) is 16.3. The quantitative estimate of drug-likeness (QED) is 0.123. The molecular weight excluding hydrogens is 709 g/mol. The lowest BCUT2D eigenvalue weighted by atomic mass is 9.94. The van der Waals surface area contributed by atoms with E-state index < -0.39 is 47.8 Å². The number of amides is 6. The molecule has 2 aliphatic rings. The molecule has 13 nitrogen and oxygen atoms in total. The predicted molar refractivity (Wildman–Crippen MR) is 200 cm³/mol. The second-order valence-corrected chi connectivity index (χ2v) is 13.9. The zero-order valence-corrected chi connectivity index (χ0v) is 31.0. The maximum absolute atomic E-state index is 13.9. The first-order chi connectivity index (χ1) is 26.4. The molecule has 290 valence electrons. The van der Waals surface area contributed by atoms with Crippen LogP contribution in [0.3, 0.4) is 0 Å². The number of benzene rings is 3. The molecule has 0 bridgehead atoms. The number of nitrogens with one attached hydrogen (secondary N) is 3. The molecule has 1 spiro atoms. The van der Waals surface area contributed by atoms with Gasteiger partial charge in [-0.05, 0) is 61.6 Å². The van der Waals surface area contributed by atoms with Crippen molar-refractivity contribution in [2.75, 3.05) is 25.0 Å². The number of hydrogen-bond donors (Lipinski definition) is 3. The number of anilines is 1. The third-order valence-electron chi connectivity index (χ3n) is 9.76. The maximum Gasteiger partial charge on any atom is 0.418 e. The Morgan fingerprint density at radius 2 is 1.60 bits per heavy atom. The van der Waals surface area contributed by atoms with Crippen LogP contribution in [0.15, 0.2) is 72.8 Å². The van der Waals surface area contributed by atoms with E-state index in [9.17, 15) is 38.0 Å². The molecule has 1 saturated heterocycles. The van der Waals surface area contributed by atoms with Gasteiger partial charge in [0.1, 0.15) is 12.4 Å². The number of nitrogens with zero attached hydrogens (tertiary/aromatic N) is 2. The average molecular weight is 756 g/mol. The van der Waals surface area contributed by atoms with Gasteiger partial charge in [0.2, 0.25) is 29.2 Å². The van der Waals surface area contributed by atoms with E-state index >= 15 is 0 Å². The van der Waals surface area contributed by atoms with Gasteiger partial charge in [-0.15, -0.1) is 0 Å². The second kappa shape index (κ2) is 18.4. The Hall–Kier alpha value is -5.92. The standard InChI is InChI=1S/C41H46FN5O8/c1-27(24-44-37(51)19-18-36(50)43-22-8-4-7-11-35(49)30-9-5-3-6-10-30)46(25-29-12-14-32(42)15-13-29)38(52)26-47-39(53)41(55-40(47)54)21-20-31-23-33(45-28(2)48)16-17-34(31)41/h3,5-6,9-10,12-17,23,27H,4,7-8,11,18-22,24-26H2,1-2H3,(H,43,50)(H,44,51)(H,45,48)/t27-,41+/m0/s1. The van der Waals surface area contributed by atoms with Gasteiger partial charge in [-0.25, -0.2) is 14.1 Å². The number of hydrogen-bond acceptors (Lipinski definition) is 8. The summed E-state index contributed by atoms with van der Waals surface area (Å²) in [7, 11) is 0. The van der Waals surface area contributed by atoms with Crippen molar-refractivity contribution in [3.05, 3.63) is 101 Å². The lowest BCUT2D eigenvalue weighted by molar-refractivity contribution is -0.143.